The Labute approximate surface area is 139 Å². The molecule has 0 aliphatic rings. The Hall–Kier alpha value is -1.39. The average Bonchev–Trinajstić information content (AvgIpc) is 2.50. The van der Waals surface area contributed by atoms with Gasteiger partial charge in [0.25, 0.3) is 0 Å². The molecule has 0 unspecified atom stereocenters. The number of carbonyl (C=O) groups excluding carboxylic acids is 2. The van der Waals surface area contributed by atoms with Crippen LogP contribution in [0.5, 0.6) is 0 Å². The largest absolute Gasteiger partial charge is 0.481 e. The lowest BCUT2D eigenvalue weighted by Gasteiger charge is -2.15. The van der Waals surface area contributed by atoms with Crippen molar-refractivity contribution in [2.24, 2.45) is 5.92 Å². The molecule has 0 aliphatic carbocycles. The number of carboxylic acids is 1. The molecule has 0 rings (SSSR count). The van der Waals surface area contributed by atoms with Crippen molar-refractivity contribution in [2.75, 3.05) is 0 Å². The van der Waals surface area contributed by atoms with E-state index < -0.39 is 17.9 Å². The summed E-state index contributed by atoms with van der Waals surface area (Å²) in [7, 11) is 0. The molecule has 0 saturated heterocycles. The standard InChI is InChI=1S/C18H32O5/c1-3-5-9-15(10-6-4-2)13-14-18(22)23-17(21)12-8-7-11-16(19)20/h15H,3-14H2,1-2H3,(H,19,20). The van der Waals surface area contributed by atoms with Crippen LogP contribution in [0.4, 0.5) is 0 Å². The third kappa shape index (κ3) is 14.0. The SMILES string of the molecule is CCCCC(CCCC)CCC(=O)OC(=O)CCCCC(=O)O. The number of unbranched alkanes of at least 4 members (excludes halogenated alkanes) is 3. The first-order valence-electron chi connectivity index (χ1n) is 8.94. The third-order valence-electron chi connectivity index (χ3n) is 3.94. The number of rotatable bonds is 14. The first-order chi connectivity index (χ1) is 11.0. The Morgan fingerprint density at radius 1 is 0.783 bits per heavy atom. The lowest BCUT2D eigenvalue weighted by molar-refractivity contribution is -0.160. The predicted octanol–water partition coefficient (Wildman–Crippen LogP) is 4.48. The summed E-state index contributed by atoms with van der Waals surface area (Å²) in [6.45, 7) is 4.32. The van der Waals surface area contributed by atoms with Crippen molar-refractivity contribution in [1.29, 1.82) is 0 Å². The van der Waals surface area contributed by atoms with Crippen molar-refractivity contribution < 1.29 is 24.2 Å². The Bertz CT molecular complexity index is 343. The van der Waals surface area contributed by atoms with E-state index in [2.05, 4.69) is 13.8 Å². The van der Waals surface area contributed by atoms with Gasteiger partial charge in [0.1, 0.15) is 0 Å². The minimum Gasteiger partial charge on any atom is -0.481 e. The second-order valence-corrected chi connectivity index (χ2v) is 6.14. The highest BCUT2D eigenvalue weighted by molar-refractivity contribution is 5.85. The van der Waals surface area contributed by atoms with E-state index in [9.17, 15) is 14.4 Å². The summed E-state index contributed by atoms with van der Waals surface area (Å²) >= 11 is 0. The number of carboxylic acid groups (broad SMARTS) is 1. The van der Waals surface area contributed by atoms with Gasteiger partial charge in [-0.3, -0.25) is 14.4 Å². The summed E-state index contributed by atoms with van der Waals surface area (Å²) < 4.78 is 4.79. The van der Waals surface area contributed by atoms with Gasteiger partial charge in [-0.1, -0.05) is 52.4 Å². The summed E-state index contributed by atoms with van der Waals surface area (Å²) in [6.07, 6.45) is 9.00. The zero-order valence-corrected chi connectivity index (χ0v) is 14.6. The molecule has 134 valence electrons. The van der Waals surface area contributed by atoms with E-state index in [1.165, 1.54) is 12.8 Å². The van der Waals surface area contributed by atoms with E-state index in [0.717, 1.165) is 32.1 Å². The van der Waals surface area contributed by atoms with Crippen molar-refractivity contribution in [2.45, 2.75) is 90.9 Å². The van der Waals surface area contributed by atoms with Crippen LogP contribution >= 0.6 is 0 Å². The Kier molecular flexibility index (Phi) is 13.4. The Balaban J connectivity index is 3.91. The Morgan fingerprint density at radius 3 is 1.83 bits per heavy atom. The minimum atomic E-state index is -0.875. The maximum absolute atomic E-state index is 11.7. The Morgan fingerprint density at radius 2 is 1.30 bits per heavy atom. The molecule has 0 amide bonds. The fourth-order valence-electron chi connectivity index (χ4n) is 2.52. The fraction of sp³-hybridized carbons (Fsp3) is 0.833. The predicted molar refractivity (Wildman–Crippen MR) is 89.0 cm³/mol. The molecular formula is C18H32O5. The number of carbonyl (C=O) groups is 3. The van der Waals surface area contributed by atoms with Crippen LogP contribution in [0.15, 0.2) is 0 Å². The van der Waals surface area contributed by atoms with E-state index in [1.54, 1.807) is 0 Å². The van der Waals surface area contributed by atoms with Gasteiger partial charge in [0.15, 0.2) is 0 Å². The highest BCUT2D eigenvalue weighted by atomic mass is 16.6. The van der Waals surface area contributed by atoms with E-state index in [1.807, 2.05) is 0 Å². The first kappa shape index (κ1) is 21.6. The van der Waals surface area contributed by atoms with Gasteiger partial charge in [-0.2, -0.15) is 0 Å². The quantitative estimate of drug-likeness (QED) is 0.289. The second kappa shape index (κ2) is 14.2. The molecule has 1 N–H and O–H groups in total. The van der Waals surface area contributed by atoms with E-state index in [0.29, 0.717) is 25.2 Å². The number of ether oxygens (including phenoxy) is 1. The van der Waals surface area contributed by atoms with Crippen molar-refractivity contribution in [3.05, 3.63) is 0 Å². The monoisotopic (exact) mass is 328 g/mol. The maximum atomic E-state index is 11.7. The van der Waals surface area contributed by atoms with Gasteiger partial charge in [0.05, 0.1) is 0 Å². The fourth-order valence-corrected chi connectivity index (χ4v) is 2.52. The molecule has 0 atom stereocenters. The molecule has 0 heterocycles. The van der Waals surface area contributed by atoms with Crippen LogP contribution in [0.2, 0.25) is 0 Å². The van der Waals surface area contributed by atoms with Crippen LogP contribution in [-0.4, -0.2) is 23.0 Å². The van der Waals surface area contributed by atoms with Crippen LogP contribution in [0, 0.1) is 5.92 Å². The molecule has 23 heavy (non-hydrogen) atoms. The number of hydrogen-bond donors (Lipinski definition) is 1. The smallest absolute Gasteiger partial charge is 0.313 e. The summed E-state index contributed by atoms with van der Waals surface area (Å²) in [4.78, 5) is 33.6. The van der Waals surface area contributed by atoms with Crippen molar-refractivity contribution in [3.8, 4) is 0 Å². The van der Waals surface area contributed by atoms with Crippen LogP contribution in [-0.2, 0) is 19.1 Å². The van der Waals surface area contributed by atoms with Gasteiger partial charge >= 0.3 is 17.9 Å². The van der Waals surface area contributed by atoms with Gasteiger partial charge < -0.3 is 9.84 Å². The summed E-state index contributed by atoms with van der Waals surface area (Å²) in [5.74, 6) is -1.34. The van der Waals surface area contributed by atoms with Gasteiger partial charge in [-0.05, 0) is 25.2 Å². The van der Waals surface area contributed by atoms with E-state index in [-0.39, 0.29) is 12.8 Å². The number of aliphatic carboxylic acids is 1. The normalized spacial score (nSPS) is 10.7. The topological polar surface area (TPSA) is 80.7 Å². The molecule has 0 bridgehead atoms. The van der Waals surface area contributed by atoms with Crippen molar-refractivity contribution in [3.63, 3.8) is 0 Å². The van der Waals surface area contributed by atoms with Gasteiger partial charge in [0.2, 0.25) is 0 Å². The summed E-state index contributed by atoms with van der Waals surface area (Å²) in [6, 6.07) is 0. The zero-order valence-electron chi connectivity index (χ0n) is 14.6. The molecule has 5 nitrogen and oxygen atoms in total. The highest BCUT2D eigenvalue weighted by Gasteiger charge is 2.14. The van der Waals surface area contributed by atoms with Crippen molar-refractivity contribution >= 4 is 17.9 Å². The second-order valence-electron chi connectivity index (χ2n) is 6.14. The van der Waals surface area contributed by atoms with Crippen LogP contribution < -0.4 is 0 Å². The molecule has 0 saturated carbocycles. The third-order valence-corrected chi connectivity index (χ3v) is 3.94. The van der Waals surface area contributed by atoms with Gasteiger partial charge in [-0.15, -0.1) is 0 Å². The van der Waals surface area contributed by atoms with Crippen LogP contribution in [0.3, 0.4) is 0 Å². The highest BCUT2D eigenvalue weighted by Crippen LogP contribution is 2.21. The minimum absolute atomic E-state index is 0.0394. The first-order valence-corrected chi connectivity index (χ1v) is 8.94. The average molecular weight is 328 g/mol. The summed E-state index contributed by atoms with van der Waals surface area (Å²) in [5.41, 5.74) is 0. The van der Waals surface area contributed by atoms with Crippen LogP contribution in [0.25, 0.3) is 0 Å². The lowest BCUT2D eigenvalue weighted by Crippen LogP contribution is -2.14. The molecule has 0 aromatic heterocycles. The summed E-state index contributed by atoms with van der Waals surface area (Å²) in [5, 5.41) is 8.50. The zero-order chi connectivity index (χ0) is 17.5. The molecule has 0 spiro atoms. The van der Waals surface area contributed by atoms with E-state index in [4.69, 9.17) is 9.84 Å². The van der Waals surface area contributed by atoms with Gasteiger partial charge in [0, 0.05) is 19.3 Å². The van der Waals surface area contributed by atoms with Crippen molar-refractivity contribution in [1.82, 2.24) is 0 Å². The number of esters is 2. The van der Waals surface area contributed by atoms with Gasteiger partial charge in [-0.25, -0.2) is 0 Å². The molecule has 0 radical (unpaired) electrons. The number of hydrogen-bond acceptors (Lipinski definition) is 4. The molecule has 5 heteroatoms. The molecule has 0 aliphatic heterocycles. The van der Waals surface area contributed by atoms with E-state index >= 15 is 0 Å². The molecular weight excluding hydrogens is 296 g/mol. The molecule has 0 fully saturated rings. The molecule has 0 aromatic carbocycles. The molecule has 0 aromatic rings. The lowest BCUT2D eigenvalue weighted by atomic mass is 9.92. The van der Waals surface area contributed by atoms with Crippen LogP contribution in [0.1, 0.15) is 90.9 Å². The maximum Gasteiger partial charge on any atom is 0.313 e.